The molecule has 0 bridgehead atoms. The number of fused-ring (bicyclic) bond motifs is 1. The molecule has 1 aromatic heterocycles. The average Bonchev–Trinajstić information content (AvgIpc) is 2.91. The first-order valence-corrected chi connectivity index (χ1v) is 7.69. The quantitative estimate of drug-likeness (QED) is 0.677. The molecule has 0 amide bonds. The molecule has 2 aromatic carbocycles. The zero-order chi connectivity index (χ0) is 14.7. The fraction of sp³-hybridized carbons (Fsp3) is 0.222. The highest BCUT2D eigenvalue weighted by molar-refractivity contribution is 6.30. The van der Waals surface area contributed by atoms with E-state index in [0.717, 1.165) is 18.0 Å². The second-order valence-electron chi connectivity index (χ2n) is 5.26. The molecular weight excluding hydrogens is 280 g/mol. The lowest BCUT2D eigenvalue weighted by Gasteiger charge is -2.17. The van der Waals surface area contributed by atoms with Crippen LogP contribution >= 0.6 is 11.6 Å². The molecule has 0 aliphatic heterocycles. The molecule has 2 N–H and O–H groups in total. The van der Waals surface area contributed by atoms with Crippen LogP contribution in [0.3, 0.4) is 0 Å². The Hall–Kier alpha value is -1.77. The van der Waals surface area contributed by atoms with Crippen LogP contribution in [0, 0.1) is 0 Å². The Morgan fingerprint density at radius 3 is 2.81 bits per heavy atom. The molecule has 3 aromatic rings. The predicted molar refractivity (Wildman–Crippen MR) is 89.6 cm³/mol. The van der Waals surface area contributed by atoms with Gasteiger partial charge in [-0.15, -0.1) is 0 Å². The van der Waals surface area contributed by atoms with Gasteiger partial charge < -0.3 is 10.3 Å². The fourth-order valence-corrected chi connectivity index (χ4v) is 2.93. The van der Waals surface area contributed by atoms with Crippen molar-refractivity contribution in [1.29, 1.82) is 0 Å². The van der Waals surface area contributed by atoms with Gasteiger partial charge in [-0.3, -0.25) is 0 Å². The maximum atomic E-state index is 6.09. The van der Waals surface area contributed by atoms with Gasteiger partial charge >= 0.3 is 0 Å². The highest BCUT2D eigenvalue weighted by Crippen LogP contribution is 2.22. The standard InChI is InChI=1S/C18H19ClN2/c1-2-17(13-6-5-7-15(19)10-13)20-11-14-12-21-18-9-4-3-8-16(14)18/h3-10,12,17,20-21H,2,11H2,1H3. The van der Waals surface area contributed by atoms with Crippen LogP contribution in [0.2, 0.25) is 5.02 Å². The molecule has 21 heavy (non-hydrogen) atoms. The van der Waals surface area contributed by atoms with Crippen LogP contribution in [0.15, 0.2) is 54.7 Å². The van der Waals surface area contributed by atoms with Crippen LogP contribution < -0.4 is 5.32 Å². The van der Waals surface area contributed by atoms with Crippen LogP contribution in [-0.2, 0) is 6.54 Å². The molecule has 1 atom stereocenters. The summed E-state index contributed by atoms with van der Waals surface area (Å²) in [7, 11) is 0. The minimum absolute atomic E-state index is 0.317. The van der Waals surface area contributed by atoms with Gasteiger partial charge in [-0.1, -0.05) is 48.9 Å². The zero-order valence-electron chi connectivity index (χ0n) is 12.1. The molecule has 3 rings (SSSR count). The third kappa shape index (κ3) is 3.12. The molecular formula is C18H19ClN2. The highest BCUT2D eigenvalue weighted by Gasteiger charge is 2.10. The molecule has 108 valence electrons. The molecule has 0 saturated heterocycles. The summed E-state index contributed by atoms with van der Waals surface area (Å²) in [5, 5.41) is 5.70. The van der Waals surface area contributed by atoms with Crippen molar-refractivity contribution in [2.24, 2.45) is 0 Å². The third-order valence-corrected chi connectivity index (χ3v) is 4.11. The van der Waals surface area contributed by atoms with E-state index in [4.69, 9.17) is 11.6 Å². The highest BCUT2D eigenvalue weighted by atomic mass is 35.5. The Morgan fingerprint density at radius 1 is 1.14 bits per heavy atom. The van der Waals surface area contributed by atoms with E-state index in [2.05, 4.69) is 53.8 Å². The van der Waals surface area contributed by atoms with Crippen molar-refractivity contribution < 1.29 is 0 Å². The number of rotatable bonds is 5. The summed E-state index contributed by atoms with van der Waals surface area (Å²) in [5.74, 6) is 0. The van der Waals surface area contributed by atoms with Gasteiger partial charge in [0.15, 0.2) is 0 Å². The zero-order valence-corrected chi connectivity index (χ0v) is 12.8. The van der Waals surface area contributed by atoms with Gasteiger partial charge in [-0.25, -0.2) is 0 Å². The van der Waals surface area contributed by atoms with Crippen molar-refractivity contribution >= 4 is 22.5 Å². The molecule has 0 saturated carbocycles. The molecule has 0 aliphatic rings. The molecule has 1 unspecified atom stereocenters. The van der Waals surface area contributed by atoms with Gasteiger partial charge in [0, 0.05) is 34.7 Å². The number of hydrogen-bond donors (Lipinski definition) is 2. The molecule has 2 nitrogen and oxygen atoms in total. The molecule has 1 heterocycles. The van der Waals surface area contributed by atoms with Gasteiger partial charge in [0.1, 0.15) is 0 Å². The van der Waals surface area contributed by atoms with Crippen molar-refractivity contribution in [3.05, 3.63) is 70.9 Å². The lowest BCUT2D eigenvalue weighted by atomic mass is 10.0. The molecule has 0 fully saturated rings. The number of H-pyrrole nitrogens is 1. The molecule has 3 heteroatoms. The summed E-state index contributed by atoms with van der Waals surface area (Å²) in [6, 6.07) is 16.8. The van der Waals surface area contributed by atoms with Gasteiger partial charge in [-0.2, -0.15) is 0 Å². The van der Waals surface area contributed by atoms with Crippen molar-refractivity contribution in [1.82, 2.24) is 10.3 Å². The van der Waals surface area contributed by atoms with Crippen LogP contribution in [-0.4, -0.2) is 4.98 Å². The van der Waals surface area contributed by atoms with E-state index in [1.54, 1.807) is 0 Å². The van der Waals surface area contributed by atoms with Gasteiger partial charge in [0.05, 0.1) is 0 Å². The number of benzene rings is 2. The molecule has 0 spiro atoms. The summed E-state index contributed by atoms with van der Waals surface area (Å²) in [6.07, 6.45) is 3.12. The lowest BCUT2D eigenvalue weighted by Crippen LogP contribution is -2.20. The van der Waals surface area contributed by atoms with Gasteiger partial charge in [0.2, 0.25) is 0 Å². The monoisotopic (exact) mass is 298 g/mol. The van der Waals surface area contributed by atoms with Gasteiger partial charge in [0.25, 0.3) is 0 Å². The van der Waals surface area contributed by atoms with Crippen molar-refractivity contribution in [2.75, 3.05) is 0 Å². The summed E-state index contributed by atoms with van der Waals surface area (Å²) in [4.78, 5) is 3.32. The first kappa shape index (κ1) is 14.2. The van der Waals surface area contributed by atoms with E-state index in [0.29, 0.717) is 6.04 Å². The van der Waals surface area contributed by atoms with Crippen LogP contribution in [0.5, 0.6) is 0 Å². The van der Waals surface area contributed by atoms with E-state index in [-0.39, 0.29) is 0 Å². The third-order valence-electron chi connectivity index (χ3n) is 3.87. The Kier molecular flexibility index (Phi) is 4.28. The summed E-state index contributed by atoms with van der Waals surface area (Å²) in [6.45, 7) is 3.03. The Bertz CT molecular complexity index is 733. The molecule has 0 aliphatic carbocycles. The fourth-order valence-electron chi connectivity index (χ4n) is 2.73. The second-order valence-corrected chi connectivity index (χ2v) is 5.69. The number of hydrogen-bond acceptors (Lipinski definition) is 1. The average molecular weight is 299 g/mol. The lowest BCUT2D eigenvalue weighted by molar-refractivity contribution is 0.520. The van der Waals surface area contributed by atoms with Crippen molar-refractivity contribution in [3.8, 4) is 0 Å². The summed E-state index contributed by atoms with van der Waals surface area (Å²) >= 11 is 6.09. The number of nitrogens with one attached hydrogen (secondary N) is 2. The van der Waals surface area contributed by atoms with E-state index in [1.165, 1.54) is 22.0 Å². The Balaban J connectivity index is 1.76. The second kappa shape index (κ2) is 6.33. The van der Waals surface area contributed by atoms with Crippen molar-refractivity contribution in [3.63, 3.8) is 0 Å². The van der Waals surface area contributed by atoms with E-state index in [9.17, 15) is 0 Å². The Morgan fingerprint density at radius 2 is 2.00 bits per heavy atom. The maximum absolute atomic E-state index is 6.09. The van der Waals surface area contributed by atoms with Gasteiger partial charge in [-0.05, 0) is 35.7 Å². The first-order valence-electron chi connectivity index (χ1n) is 7.31. The largest absolute Gasteiger partial charge is 0.361 e. The minimum atomic E-state index is 0.317. The van der Waals surface area contributed by atoms with E-state index < -0.39 is 0 Å². The summed E-state index contributed by atoms with van der Waals surface area (Å²) < 4.78 is 0. The van der Waals surface area contributed by atoms with Crippen molar-refractivity contribution in [2.45, 2.75) is 25.9 Å². The summed E-state index contributed by atoms with van der Waals surface area (Å²) in [5.41, 5.74) is 3.72. The van der Waals surface area contributed by atoms with E-state index in [1.807, 2.05) is 18.2 Å². The topological polar surface area (TPSA) is 27.8 Å². The maximum Gasteiger partial charge on any atom is 0.0457 e. The number of para-hydroxylation sites is 1. The smallest absolute Gasteiger partial charge is 0.0457 e. The Labute approximate surface area is 130 Å². The van der Waals surface area contributed by atoms with Crippen LogP contribution in [0.4, 0.5) is 0 Å². The normalized spacial score (nSPS) is 12.7. The van der Waals surface area contributed by atoms with Crippen LogP contribution in [0.25, 0.3) is 10.9 Å². The minimum Gasteiger partial charge on any atom is -0.361 e. The number of aromatic nitrogens is 1. The SMILES string of the molecule is CCC(NCc1c[nH]c2ccccc12)c1cccc(Cl)c1. The first-order chi connectivity index (χ1) is 10.3. The van der Waals surface area contributed by atoms with E-state index >= 15 is 0 Å². The van der Waals surface area contributed by atoms with Crippen LogP contribution in [0.1, 0.15) is 30.5 Å². The number of halogens is 1. The predicted octanol–water partition coefficient (Wildman–Crippen LogP) is 5.06. The number of aromatic amines is 1. The molecule has 0 radical (unpaired) electrons.